The van der Waals surface area contributed by atoms with Gasteiger partial charge in [0.25, 0.3) is 8.32 Å². The number of anilines is 2. The molecule has 3 aromatic rings. The van der Waals surface area contributed by atoms with Crippen molar-refractivity contribution in [2.45, 2.75) is 64.6 Å². The van der Waals surface area contributed by atoms with Gasteiger partial charge in [-0.2, -0.15) is 4.98 Å². The number of nitrogens with one attached hydrogen (secondary N) is 1. The summed E-state index contributed by atoms with van der Waals surface area (Å²) in [4.78, 5) is 11.6. The molecule has 0 aliphatic carbocycles. The van der Waals surface area contributed by atoms with Crippen LogP contribution < -0.4 is 14.5 Å². The van der Waals surface area contributed by atoms with Crippen molar-refractivity contribution in [3.8, 4) is 22.8 Å². The van der Waals surface area contributed by atoms with Crippen LogP contribution in [0.15, 0.2) is 36.5 Å². The Morgan fingerprint density at radius 1 is 1.08 bits per heavy atom. The van der Waals surface area contributed by atoms with Crippen LogP contribution in [-0.2, 0) is 0 Å². The third kappa shape index (κ3) is 6.54. The molecule has 6 nitrogen and oxygen atoms in total. The molecule has 1 N–H and O–H groups in total. The number of benzene rings is 2. The molecule has 1 aliphatic rings. The fourth-order valence-electron chi connectivity index (χ4n) is 4.70. The Bertz CT molecular complexity index is 1340. The monoisotopic (exact) mass is 586 g/mol. The van der Waals surface area contributed by atoms with Gasteiger partial charge in [-0.25, -0.2) is 4.98 Å². The van der Waals surface area contributed by atoms with Gasteiger partial charge in [-0.15, -0.1) is 0 Å². The second kappa shape index (κ2) is 11.7. The Hall–Kier alpha value is -2.32. The maximum Gasteiger partial charge on any atom is 0.250 e. The van der Waals surface area contributed by atoms with Crippen molar-refractivity contribution < 1.29 is 9.16 Å². The molecule has 0 amide bonds. The third-order valence-corrected chi connectivity index (χ3v) is 13.2. The van der Waals surface area contributed by atoms with Crippen molar-refractivity contribution in [2.75, 3.05) is 32.6 Å². The van der Waals surface area contributed by atoms with Crippen LogP contribution in [0.1, 0.15) is 50.7 Å². The molecule has 2 heterocycles. The zero-order valence-electron chi connectivity index (χ0n) is 24.3. The zero-order valence-corrected chi connectivity index (χ0v) is 26.8. The molecule has 4 rings (SSSR count). The molecule has 39 heavy (non-hydrogen) atoms. The van der Waals surface area contributed by atoms with Crippen molar-refractivity contribution >= 4 is 43.2 Å². The van der Waals surface area contributed by atoms with Crippen LogP contribution in [0.3, 0.4) is 0 Å². The topological polar surface area (TPSA) is 59.5 Å². The van der Waals surface area contributed by atoms with Gasteiger partial charge in [0, 0.05) is 17.4 Å². The zero-order chi connectivity index (χ0) is 28.5. The number of nitrogens with zero attached hydrogens (tertiary/aromatic N) is 3. The van der Waals surface area contributed by atoms with Crippen molar-refractivity contribution in [2.24, 2.45) is 0 Å². The summed E-state index contributed by atoms with van der Waals surface area (Å²) in [5.41, 5.74) is 4.82. The van der Waals surface area contributed by atoms with E-state index in [1.165, 1.54) is 24.0 Å². The molecule has 0 saturated carbocycles. The second-order valence-electron chi connectivity index (χ2n) is 12.0. The molecule has 9 heteroatoms. The molecule has 0 bridgehead atoms. The lowest BCUT2D eigenvalue weighted by molar-refractivity contribution is 0.255. The van der Waals surface area contributed by atoms with Gasteiger partial charge in [-0.3, -0.25) is 0 Å². The smallest absolute Gasteiger partial charge is 0.250 e. The van der Waals surface area contributed by atoms with Crippen LogP contribution >= 0.6 is 23.2 Å². The van der Waals surface area contributed by atoms with Gasteiger partial charge in [0.15, 0.2) is 0 Å². The van der Waals surface area contributed by atoms with E-state index in [1.54, 1.807) is 19.4 Å². The molecular formula is C30H40Cl2N4O2Si. The normalized spacial score (nSPS) is 15.3. The highest BCUT2D eigenvalue weighted by atomic mass is 35.5. The highest BCUT2D eigenvalue weighted by Crippen LogP contribution is 2.46. The fraction of sp³-hybridized carbons (Fsp3) is 0.467. The van der Waals surface area contributed by atoms with E-state index in [0.717, 1.165) is 18.8 Å². The van der Waals surface area contributed by atoms with E-state index in [4.69, 9.17) is 32.4 Å². The van der Waals surface area contributed by atoms with Crippen molar-refractivity contribution in [3.05, 3.63) is 57.7 Å². The van der Waals surface area contributed by atoms with Gasteiger partial charge in [0.2, 0.25) is 11.8 Å². The third-order valence-electron chi connectivity index (χ3n) is 8.13. The van der Waals surface area contributed by atoms with Crippen LogP contribution in [0.4, 0.5) is 11.6 Å². The molecule has 0 radical (unpaired) electrons. The minimum atomic E-state index is -2.12. The largest absolute Gasteiger partial charge is 0.542 e. The quantitative estimate of drug-likeness (QED) is 0.279. The highest BCUT2D eigenvalue weighted by molar-refractivity contribution is 6.74. The molecule has 210 valence electrons. The number of aryl methyl sites for hydroxylation is 1. The number of ether oxygens (including phenoxy) is 1. The molecule has 0 atom stereocenters. The van der Waals surface area contributed by atoms with Gasteiger partial charge >= 0.3 is 0 Å². The summed E-state index contributed by atoms with van der Waals surface area (Å²) in [6, 6.07) is 10.1. The SMILES string of the molecule is COc1nc(Nc2ccc(C3CCN(C)CC3)c(C)c2)ncc1-c1c(Cl)ccc(O[Si](C)(C)C(C)(C)C)c1Cl. The summed E-state index contributed by atoms with van der Waals surface area (Å²) in [5, 5.41) is 4.25. The van der Waals surface area contributed by atoms with Gasteiger partial charge in [-0.05, 0) is 99.3 Å². The molecular weight excluding hydrogens is 547 g/mol. The Balaban J connectivity index is 1.60. The minimum absolute atomic E-state index is 0.0217. The predicted octanol–water partition coefficient (Wildman–Crippen LogP) is 8.70. The number of methoxy groups -OCH3 is 1. The van der Waals surface area contributed by atoms with E-state index in [-0.39, 0.29) is 5.04 Å². The Labute approximate surface area is 244 Å². The number of hydrogen-bond donors (Lipinski definition) is 1. The molecule has 1 aromatic heterocycles. The first kappa shape index (κ1) is 29.7. The van der Waals surface area contributed by atoms with Gasteiger partial charge in [-0.1, -0.05) is 50.0 Å². The highest BCUT2D eigenvalue weighted by Gasteiger charge is 2.39. The number of rotatable bonds is 7. The maximum absolute atomic E-state index is 6.89. The van der Waals surface area contributed by atoms with Gasteiger partial charge in [0.05, 0.1) is 22.7 Å². The van der Waals surface area contributed by atoms with Crippen LogP contribution in [0.25, 0.3) is 11.1 Å². The number of aromatic nitrogens is 2. The predicted molar refractivity (Wildman–Crippen MR) is 166 cm³/mol. The first-order valence-electron chi connectivity index (χ1n) is 13.4. The maximum atomic E-state index is 6.89. The molecule has 1 aliphatic heterocycles. The van der Waals surface area contributed by atoms with Crippen LogP contribution in [0, 0.1) is 6.92 Å². The van der Waals surface area contributed by atoms with E-state index in [9.17, 15) is 0 Å². The molecule has 0 spiro atoms. The summed E-state index contributed by atoms with van der Waals surface area (Å²) >= 11 is 13.5. The first-order chi connectivity index (χ1) is 18.3. The van der Waals surface area contributed by atoms with E-state index in [1.807, 2.05) is 6.07 Å². The van der Waals surface area contributed by atoms with Gasteiger partial charge < -0.3 is 19.4 Å². The molecule has 1 saturated heterocycles. The average Bonchev–Trinajstić information content (AvgIpc) is 2.86. The summed E-state index contributed by atoms with van der Waals surface area (Å²) < 4.78 is 12.2. The first-order valence-corrected chi connectivity index (χ1v) is 17.1. The van der Waals surface area contributed by atoms with Crippen LogP contribution in [-0.4, -0.2) is 50.4 Å². The Morgan fingerprint density at radius 3 is 2.38 bits per heavy atom. The summed E-state index contributed by atoms with van der Waals surface area (Å²) in [5.74, 6) is 2.02. The molecule has 0 unspecified atom stereocenters. The minimum Gasteiger partial charge on any atom is -0.542 e. The lowest BCUT2D eigenvalue weighted by atomic mass is 9.87. The number of hydrogen-bond acceptors (Lipinski definition) is 6. The standard InChI is InChI=1S/C30H40Cl2N4O2Si/c1-19-17-21(9-10-22(19)20-13-15-36(5)16-14-20)34-29-33-18-23(28(35-29)37-6)26-24(31)11-12-25(27(26)32)38-39(7,8)30(2,3)4/h9-12,17-18,20H,13-16H2,1-8H3,(H,33,34,35). The van der Waals surface area contributed by atoms with E-state index in [2.05, 4.69) is 86.2 Å². The van der Waals surface area contributed by atoms with E-state index in [0.29, 0.717) is 44.7 Å². The summed E-state index contributed by atoms with van der Waals surface area (Å²) in [7, 11) is 1.65. The van der Waals surface area contributed by atoms with Crippen molar-refractivity contribution in [3.63, 3.8) is 0 Å². The Morgan fingerprint density at radius 2 is 1.77 bits per heavy atom. The second-order valence-corrected chi connectivity index (χ2v) is 17.5. The van der Waals surface area contributed by atoms with E-state index >= 15 is 0 Å². The number of piperidine rings is 1. The lowest BCUT2D eigenvalue weighted by Crippen LogP contribution is -2.43. The van der Waals surface area contributed by atoms with Crippen LogP contribution in [0.5, 0.6) is 11.6 Å². The average molecular weight is 588 g/mol. The molecule has 1 fully saturated rings. The van der Waals surface area contributed by atoms with E-state index < -0.39 is 8.32 Å². The fourth-order valence-corrected chi connectivity index (χ4v) is 6.40. The van der Waals surface area contributed by atoms with Crippen LogP contribution in [0.2, 0.25) is 28.2 Å². The summed E-state index contributed by atoms with van der Waals surface area (Å²) in [6.07, 6.45) is 4.08. The van der Waals surface area contributed by atoms with Crippen molar-refractivity contribution in [1.82, 2.24) is 14.9 Å². The number of likely N-dealkylation sites (tertiary alicyclic amines) is 1. The number of halogens is 2. The Kier molecular flexibility index (Phi) is 8.86. The molecule has 2 aromatic carbocycles. The summed E-state index contributed by atoms with van der Waals surface area (Å²) in [6.45, 7) is 15.4. The lowest BCUT2D eigenvalue weighted by Gasteiger charge is -2.36. The van der Waals surface area contributed by atoms with Gasteiger partial charge in [0.1, 0.15) is 5.75 Å². The van der Waals surface area contributed by atoms with Crippen molar-refractivity contribution in [1.29, 1.82) is 0 Å².